The van der Waals surface area contributed by atoms with Crippen LogP contribution in [-0.2, 0) is 14.3 Å². The van der Waals surface area contributed by atoms with Gasteiger partial charge >= 0.3 is 5.97 Å². The molecule has 0 fully saturated rings. The summed E-state index contributed by atoms with van der Waals surface area (Å²) in [6, 6.07) is 4.80. The predicted octanol–water partition coefficient (Wildman–Crippen LogP) is 3.02. The van der Waals surface area contributed by atoms with Gasteiger partial charge in [0.2, 0.25) is 6.29 Å². The van der Waals surface area contributed by atoms with E-state index in [4.69, 9.17) is 34.8 Å². The Morgan fingerprint density at radius 2 is 2.12 bits per heavy atom. The molecule has 0 radical (unpaired) electrons. The highest BCUT2D eigenvalue weighted by atomic mass is 35.5. The predicted molar refractivity (Wildman–Crippen MR) is 62.1 cm³/mol. The van der Waals surface area contributed by atoms with Gasteiger partial charge in [-0.15, -0.1) is 11.6 Å². The van der Waals surface area contributed by atoms with Gasteiger partial charge in [-0.1, -0.05) is 29.3 Å². The first-order valence-electron chi connectivity index (χ1n) is 4.25. The van der Waals surface area contributed by atoms with Crippen LogP contribution in [0.1, 0.15) is 10.9 Å². The summed E-state index contributed by atoms with van der Waals surface area (Å²) in [6.07, 6.45) is 0.0765. The summed E-state index contributed by atoms with van der Waals surface area (Å²) in [5, 5.41) is 0.255. The van der Waals surface area contributed by atoms with Gasteiger partial charge < -0.3 is 4.74 Å². The van der Waals surface area contributed by atoms with E-state index in [2.05, 4.69) is 4.74 Å². The van der Waals surface area contributed by atoms with Crippen molar-refractivity contribution in [2.75, 3.05) is 6.61 Å². The number of alkyl halides is 1. The lowest BCUT2D eigenvalue weighted by atomic mass is 10.1. The van der Waals surface area contributed by atoms with Crippen molar-refractivity contribution in [3.8, 4) is 0 Å². The van der Waals surface area contributed by atoms with Gasteiger partial charge in [-0.3, -0.25) is 4.79 Å². The normalized spacial score (nSPS) is 11.9. The van der Waals surface area contributed by atoms with Crippen LogP contribution in [0.25, 0.3) is 0 Å². The van der Waals surface area contributed by atoms with Crippen LogP contribution < -0.4 is 0 Å². The molecule has 1 aromatic carbocycles. The monoisotopic (exact) mass is 280 g/mol. The van der Waals surface area contributed by atoms with Crippen molar-refractivity contribution < 1.29 is 14.3 Å². The highest BCUT2D eigenvalue weighted by Gasteiger charge is 2.14. The van der Waals surface area contributed by atoms with Gasteiger partial charge in [-0.2, -0.15) is 0 Å². The smallest absolute Gasteiger partial charge is 0.371 e. The van der Waals surface area contributed by atoms with Crippen molar-refractivity contribution in [2.24, 2.45) is 0 Å². The SMILES string of the molecule is O=CC(=O)OCC(Cl)c1ccc(Cl)cc1Cl. The first-order valence-corrected chi connectivity index (χ1v) is 5.44. The van der Waals surface area contributed by atoms with Gasteiger partial charge in [0.25, 0.3) is 0 Å². The Balaban J connectivity index is 2.69. The maximum atomic E-state index is 10.6. The summed E-state index contributed by atoms with van der Waals surface area (Å²) >= 11 is 17.6. The maximum Gasteiger partial charge on any atom is 0.371 e. The summed E-state index contributed by atoms with van der Waals surface area (Å²) in [5.74, 6) is -0.962. The Morgan fingerprint density at radius 3 is 2.69 bits per heavy atom. The summed E-state index contributed by atoms with van der Waals surface area (Å²) in [7, 11) is 0. The number of halogens is 3. The lowest BCUT2D eigenvalue weighted by molar-refractivity contribution is -0.148. The second kappa shape index (κ2) is 6.09. The molecule has 0 N–H and O–H groups in total. The van der Waals surface area contributed by atoms with E-state index in [0.29, 0.717) is 15.6 Å². The van der Waals surface area contributed by atoms with Crippen molar-refractivity contribution >= 4 is 47.1 Å². The van der Waals surface area contributed by atoms with Crippen LogP contribution in [0.2, 0.25) is 10.0 Å². The molecule has 3 nitrogen and oxygen atoms in total. The second-order valence-corrected chi connectivity index (χ2v) is 4.25. The summed E-state index contributed by atoms with van der Waals surface area (Å²) < 4.78 is 4.56. The van der Waals surface area contributed by atoms with Gasteiger partial charge in [0.1, 0.15) is 6.61 Å². The van der Waals surface area contributed by atoms with E-state index in [1.165, 1.54) is 6.07 Å². The van der Waals surface area contributed by atoms with Gasteiger partial charge in [-0.05, 0) is 17.7 Å². The maximum absolute atomic E-state index is 10.6. The quantitative estimate of drug-likeness (QED) is 0.369. The third-order valence-corrected chi connectivity index (χ3v) is 2.69. The minimum Gasteiger partial charge on any atom is -0.458 e. The zero-order valence-electron chi connectivity index (χ0n) is 7.95. The number of hydrogen-bond donors (Lipinski definition) is 0. The summed E-state index contributed by atoms with van der Waals surface area (Å²) in [5.41, 5.74) is 0.589. The number of esters is 1. The van der Waals surface area contributed by atoms with Gasteiger partial charge in [-0.25, -0.2) is 4.79 Å². The lowest BCUT2D eigenvalue weighted by Crippen LogP contribution is -2.10. The Morgan fingerprint density at radius 1 is 1.44 bits per heavy atom. The standard InChI is InChI=1S/C10H7Cl3O3/c11-6-1-2-7(8(12)3-6)9(13)5-16-10(15)4-14/h1-4,9H,5H2. The molecule has 1 atom stereocenters. The number of hydrogen-bond acceptors (Lipinski definition) is 3. The highest BCUT2D eigenvalue weighted by Crippen LogP contribution is 2.30. The Kier molecular flexibility index (Phi) is 5.06. The second-order valence-electron chi connectivity index (χ2n) is 2.88. The molecule has 0 aliphatic heterocycles. The van der Waals surface area contributed by atoms with E-state index in [0.717, 1.165) is 0 Å². The summed E-state index contributed by atoms with van der Waals surface area (Å²) in [6.45, 7) is -0.125. The fraction of sp³-hybridized carbons (Fsp3) is 0.200. The largest absolute Gasteiger partial charge is 0.458 e. The molecule has 6 heteroatoms. The molecule has 0 saturated carbocycles. The van der Waals surface area contributed by atoms with E-state index in [-0.39, 0.29) is 12.9 Å². The van der Waals surface area contributed by atoms with Crippen molar-refractivity contribution in [2.45, 2.75) is 5.38 Å². The molecule has 86 valence electrons. The lowest BCUT2D eigenvalue weighted by Gasteiger charge is -2.11. The van der Waals surface area contributed by atoms with E-state index in [9.17, 15) is 9.59 Å². The molecular weight excluding hydrogens is 274 g/mol. The molecule has 0 spiro atoms. The molecule has 16 heavy (non-hydrogen) atoms. The van der Waals surface area contributed by atoms with E-state index >= 15 is 0 Å². The van der Waals surface area contributed by atoms with Crippen molar-refractivity contribution in [3.63, 3.8) is 0 Å². The van der Waals surface area contributed by atoms with Gasteiger partial charge in [0, 0.05) is 10.0 Å². The van der Waals surface area contributed by atoms with Crippen molar-refractivity contribution in [1.29, 1.82) is 0 Å². The average Bonchev–Trinajstić information content (AvgIpc) is 2.25. The average molecular weight is 282 g/mol. The zero-order chi connectivity index (χ0) is 12.1. The number of ether oxygens (including phenoxy) is 1. The first kappa shape index (κ1) is 13.3. The molecule has 1 aromatic rings. The Labute approximate surface area is 107 Å². The van der Waals surface area contributed by atoms with E-state index in [1.54, 1.807) is 12.1 Å². The molecule has 0 amide bonds. The fourth-order valence-electron chi connectivity index (χ4n) is 1.03. The molecule has 1 rings (SSSR count). The molecule has 0 heterocycles. The number of benzene rings is 1. The van der Waals surface area contributed by atoms with Crippen LogP contribution in [-0.4, -0.2) is 18.9 Å². The fourth-order valence-corrected chi connectivity index (χ4v) is 1.88. The van der Waals surface area contributed by atoms with Crippen LogP contribution >= 0.6 is 34.8 Å². The minimum atomic E-state index is -0.962. The van der Waals surface area contributed by atoms with Gasteiger partial charge in [0.05, 0.1) is 5.38 Å². The topological polar surface area (TPSA) is 43.4 Å². The van der Waals surface area contributed by atoms with E-state index in [1.807, 2.05) is 0 Å². The van der Waals surface area contributed by atoms with Crippen LogP contribution in [0.5, 0.6) is 0 Å². The van der Waals surface area contributed by atoms with Crippen LogP contribution in [0.15, 0.2) is 18.2 Å². The van der Waals surface area contributed by atoms with E-state index < -0.39 is 11.3 Å². The molecule has 0 saturated heterocycles. The third kappa shape index (κ3) is 3.67. The molecule has 0 aromatic heterocycles. The molecule has 1 unspecified atom stereocenters. The van der Waals surface area contributed by atoms with Crippen LogP contribution in [0.3, 0.4) is 0 Å². The van der Waals surface area contributed by atoms with Crippen molar-refractivity contribution in [3.05, 3.63) is 33.8 Å². The zero-order valence-corrected chi connectivity index (χ0v) is 10.2. The molecular formula is C10H7Cl3O3. The summed E-state index contributed by atoms with van der Waals surface area (Å²) in [4.78, 5) is 20.6. The van der Waals surface area contributed by atoms with Crippen LogP contribution in [0, 0.1) is 0 Å². The number of aldehydes is 1. The molecule has 0 aliphatic rings. The number of rotatable bonds is 4. The number of carbonyl (C=O) groups excluding carboxylic acids is 2. The minimum absolute atomic E-state index is 0.0765. The molecule has 0 bridgehead atoms. The third-order valence-electron chi connectivity index (χ3n) is 1.77. The highest BCUT2D eigenvalue weighted by molar-refractivity contribution is 6.35. The van der Waals surface area contributed by atoms with Crippen molar-refractivity contribution in [1.82, 2.24) is 0 Å². The van der Waals surface area contributed by atoms with Gasteiger partial charge in [0.15, 0.2) is 0 Å². The van der Waals surface area contributed by atoms with Crippen LogP contribution in [0.4, 0.5) is 0 Å². The molecule has 0 aliphatic carbocycles. The number of carbonyl (C=O) groups is 2. The first-order chi connectivity index (χ1) is 7.54. The Hall–Kier alpha value is -0.770. The Bertz CT molecular complexity index is 406.